The van der Waals surface area contributed by atoms with E-state index in [1.807, 2.05) is 0 Å². The van der Waals surface area contributed by atoms with Crippen LogP contribution >= 0.6 is 7.82 Å². The first-order valence-corrected chi connectivity index (χ1v) is 22.9. The average molecular weight is 792 g/mol. The summed E-state index contributed by atoms with van der Waals surface area (Å²) in [6, 6.07) is 0. The molecule has 3 N–H and O–H groups in total. The van der Waals surface area contributed by atoms with Crippen LogP contribution in [0.1, 0.15) is 168 Å². The first kappa shape index (κ1) is 52.5. The van der Waals surface area contributed by atoms with Crippen LogP contribution in [0.15, 0.2) is 72.9 Å². The molecule has 0 aromatic carbocycles. The Hall–Kier alpha value is -2.55. The lowest BCUT2D eigenvalue weighted by atomic mass is 10.1. The summed E-state index contributed by atoms with van der Waals surface area (Å²) >= 11 is 0. The highest BCUT2D eigenvalue weighted by Crippen LogP contribution is 2.43. The zero-order chi connectivity index (χ0) is 40.3. The molecule has 0 amide bonds. The Bertz CT molecular complexity index is 1130. The Morgan fingerprint density at radius 1 is 0.564 bits per heavy atom. The molecule has 0 bridgehead atoms. The molecule has 0 fully saturated rings. The number of hydrogen-bond donors (Lipinski definition) is 2. The van der Waals surface area contributed by atoms with Gasteiger partial charge in [0.2, 0.25) is 0 Å². The fourth-order valence-electron chi connectivity index (χ4n) is 5.41. The molecule has 0 rings (SSSR count). The molecule has 55 heavy (non-hydrogen) atoms. The summed E-state index contributed by atoms with van der Waals surface area (Å²) in [6.07, 6.45) is 49.3. The van der Waals surface area contributed by atoms with Gasteiger partial charge in [-0.15, -0.1) is 0 Å². The molecule has 1 unspecified atom stereocenters. The minimum atomic E-state index is -4.39. The van der Waals surface area contributed by atoms with Crippen molar-refractivity contribution in [1.82, 2.24) is 0 Å². The van der Waals surface area contributed by atoms with E-state index in [1.54, 1.807) is 0 Å². The number of phosphoric ester groups is 1. The SMILES string of the molecule is CC/C=C/C/C=C/C/C=C/C/C=C/C/C=C/CCCCCC(=O)O[C@H](COC(=O)CCCCCCCCCCC/C=C/CCCC)COP(=O)(O)OCCN. The average Bonchev–Trinajstić information content (AvgIpc) is 3.17. The Labute approximate surface area is 335 Å². The Balaban J connectivity index is 4.24. The van der Waals surface area contributed by atoms with Crippen LogP contribution in [0, 0.1) is 0 Å². The van der Waals surface area contributed by atoms with E-state index in [9.17, 15) is 19.0 Å². The fraction of sp³-hybridized carbons (Fsp3) is 0.689. The molecule has 9 nitrogen and oxygen atoms in total. The molecule has 316 valence electrons. The van der Waals surface area contributed by atoms with E-state index in [0.717, 1.165) is 77.0 Å². The van der Waals surface area contributed by atoms with Gasteiger partial charge in [-0.1, -0.05) is 151 Å². The van der Waals surface area contributed by atoms with Crippen molar-refractivity contribution in [2.24, 2.45) is 5.73 Å². The molecule has 0 aromatic rings. The topological polar surface area (TPSA) is 134 Å². The summed E-state index contributed by atoms with van der Waals surface area (Å²) in [6.45, 7) is 3.53. The van der Waals surface area contributed by atoms with Crippen molar-refractivity contribution in [2.45, 2.75) is 174 Å². The maximum atomic E-state index is 12.6. The molecule has 0 saturated heterocycles. The van der Waals surface area contributed by atoms with Gasteiger partial charge in [0.15, 0.2) is 6.10 Å². The van der Waals surface area contributed by atoms with E-state index in [4.69, 9.17) is 24.3 Å². The van der Waals surface area contributed by atoms with Crippen molar-refractivity contribution in [3.63, 3.8) is 0 Å². The van der Waals surface area contributed by atoms with Gasteiger partial charge in [0, 0.05) is 19.4 Å². The summed E-state index contributed by atoms with van der Waals surface area (Å²) < 4.78 is 32.7. The van der Waals surface area contributed by atoms with Gasteiger partial charge in [-0.3, -0.25) is 18.6 Å². The molecule has 0 aliphatic heterocycles. The minimum Gasteiger partial charge on any atom is -0.462 e. The first-order chi connectivity index (χ1) is 26.8. The van der Waals surface area contributed by atoms with Crippen molar-refractivity contribution in [3.05, 3.63) is 72.9 Å². The standard InChI is InChI=1S/C45H78NO8P/c1-3-5-7-9-11-13-15-17-19-20-21-22-24-26-28-30-32-34-36-38-45(48)54-43(42-53-55(49,50)52-40-39-46)41-51-44(47)37-35-33-31-29-27-25-23-18-16-14-12-10-8-6-4-2/h5,7,10-13,17,19,21-22,26,28,43H,3-4,6,8-9,14-16,18,20,23-25,27,29-42,46H2,1-2H3,(H,49,50)/b7-5+,12-10+,13-11+,19-17+,22-21+,28-26+/t43-/m1/s1. The number of esters is 2. The van der Waals surface area contributed by atoms with Crippen molar-refractivity contribution < 1.29 is 37.6 Å². The second-order valence-corrected chi connectivity index (χ2v) is 15.3. The van der Waals surface area contributed by atoms with Crippen LogP contribution in [0.3, 0.4) is 0 Å². The van der Waals surface area contributed by atoms with Gasteiger partial charge in [-0.05, 0) is 77.0 Å². The maximum Gasteiger partial charge on any atom is 0.472 e. The molecular formula is C45H78NO8P. The minimum absolute atomic E-state index is 0.0440. The van der Waals surface area contributed by atoms with Crippen molar-refractivity contribution >= 4 is 19.8 Å². The smallest absolute Gasteiger partial charge is 0.462 e. The monoisotopic (exact) mass is 792 g/mol. The van der Waals surface area contributed by atoms with Gasteiger partial charge in [0.05, 0.1) is 13.2 Å². The van der Waals surface area contributed by atoms with E-state index >= 15 is 0 Å². The molecule has 0 aromatic heterocycles. The lowest BCUT2D eigenvalue weighted by molar-refractivity contribution is -0.161. The number of carbonyl (C=O) groups is 2. The predicted molar refractivity (Wildman–Crippen MR) is 229 cm³/mol. The van der Waals surface area contributed by atoms with Gasteiger partial charge >= 0.3 is 19.8 Å². The first-order valence-electron chi connectivity index (χ1n) is 21.4. The summed E-state index contributed by atoms with van der Waals surface area (Å²) in [5.74, 6) is -0.874. The number of carbonyl (C=O) groups excluding carboxylic acids is 2. The predicted octanol–water partition coefficient (Wildman–Crippen LogP) is 12.3. The molecule has 0 radical (unpaired) electrons. The van der Waals surface area contributed by atoms with Crippen molar-refractivity contribution in [2.75, 3.05) is 26.4 Å². The zero-order valence-corrected chi connectivity index (χ0v) is 35.5. The summed E-state index contributed by atoms with van der Waals surface area (Å²) in [5, 5.41) is 0. The van der Waals surface area contributed by atoms with E-state index in [2.05, 4.69) is 86.8 Å². The van der Waals surface area contributed by atoms with Crippen LogP contribution < -0.4 is 5.73 Å². The number of rotatable bonds is 39. The number of ether oxygens (including phenoxy) is 2. The number of hydrogen-bond acceptors (Lipinski definition) is 8. The van der Waals surface area contributed by atoms with Crippen LogP contribution in [-0.4, -0.2) is 49.3 Å². The zero-order valence-electron chi connectivity index (χ0n) is 34.6. The second kappa shape index (κ2) is 41.1. The highest BCUT2D eigenvalue weighted by atomic mass is 31.2. The van der Waals surface area contributed by atoms with Crippen LogP contribution in [0.25, 0.3) is 0 Å². The molecular weight excluding hydrogens is 713 g/mol. The van der Waals surface area contributed by atoms with Crippen LogP contribution in [0.2, 0.25) is 0 Å². The highest BCUT2D eigenvalue weighted by molar-refractivity contribution is 7.47. The van der Waals surface area contributed by atoms with E-state index in [0.29, 0.717) is 6.42 Å². The number of nitrogens with two attached hydrogens (primary N) is 1. The normalized spacial score (nSPS) is 14.0. The maximum absolute atomic E-state index is 12.6. The molecule has 0 aliphatic rings. The van der Waals surface area contributed by atoms with Crippen LogP contribution in [0.5, 0.6) is 0 Å². The third kappa shape index (κ3) is 40.9. The second-order valence-electron chi connectivity index (χ2n) is 13.8. The van der Waals surface area contributed by atoms with Gasteiger partial charge in [0.25, 0.3) is 0 Å². The summed E-state index contributed by atoms with van der Waals surface area (Å²) in [4.78, 5) is 34.9. The van der Waals surface area contributed by atoms with Gasteiger partial charge in [0.1, 0.15) is 6.61 Å². The Morgan fingerprint density at radius 3 is 1.53 bits per heavy atom. The van der Waals surface area contributed by atoms with Gasteiger partial charge in [-0.2, -0.15) is 0 Å². The van der Waals surface area contributed by atoms with Gasteiger partial charge < -0.3 is 20.1 Å². The van der Waals surface area contributed by atoms with Crippen LogP contribution in [-0.2, 0) is 32.7 Å². The molecule has 0 saturated carbocycles. The lowest BCUT2D eigenvalue weighted by Gasteiger charge is -2.19. The quantitative estimate of drug-likeness (QED) is 0.0270. The third-order valence-corrected chi connectivity index (χ3v) is 9.56. The molecule has 0 aliphatic carbocycles. The Morgan fingerprint density at radius 2 is 1.00 bits per heavy atom. The molecule has 10 heteroatoms. The van der Waals surface area contributed by atoms with E-state index < -0.39 is 32.5 Å². The van der Waals surface area contributed by atoms with Crippen molar-refractivity contribution in [1.29, 1.82) is 0 Å². The number of phosphoric acid groups is 1. The molecule has 0 heterocycles. The highest BCUT2D eigenvalue weighted by Gasteiger charge is 2.25. The third-order valence-electron chi connectivity index (χ3n) is 8.58. The van der Waals surface area contributed by atoms with Gasteiger partial charge in [-0.25, -0.2) is 4.57 Å². The Kier molecular flexibility index (Phi) is 39.2. The van der Waals surface area contributed by atoms with E-state index in [-0.39, 0.29) is 32.6 Å². The molecule has 2 atom stereocenters. The van der Waals surface area contributed by atoms with E-state index in [1.165, 1.54) is 57.8 Å². The summed E-state index contributed by atoms with van der Waals surface area (Å²) in [5.41, 5.74) is 5.34. The number of unbranched alkanes of at least 4 members (excludes halogenated alkanes) is 14. The van der Waals surface area contributed by atoms with Crippen molar-refractivity contribution in [3.8, 4) is 0 Å². The lowest BCUT2D eigenvalue weighted by Crippen LogP contribution is -2.29. The largest absolute Gasteiger partial charge is 0.472 e. The molecule has 0 spiro atoms. The van der Waals surface area contributed by atoms with Crippen LogP contribution in [0.4, 0.5) is 0 Å². The summed E-state index contributed by atoms with van der Waals surface area (Å²) in [7, 11) is -4.39. The fourth-order valence-corrected chi connectivity index (χ4v) is 6.17. The number of allylic oxidation sites excluding steroid dienone is 12.